The molecule has 5 heterocycles. The number of aromatic nitrogens is 10. The summed E-state index contributed by atoms with van der Waals surface area (Å²) in [5, 5.41) is 33.3. The predicted octanol–water partition coefficient (Wildman–Crippen LogP) is 4.52. The van der Waals surface area contributed by atoms with Crippen molar-refractivity contribution in [1.82, 2.24) is 44.8 Å². The molecule has 1 aromatic carbocycles. The molecule has 1 atom stereocenters. The second-order valence-corrected chi connectivity index (χ2v) is 9.56. The lowest BCUT2D eigenvalue weighted by atomic mass is 10.0. The van der Waals surface area contributed by atoms with Crippen molar-refractivity contribution >= 4 is 11.6 Å². The topological polar surface area (TPSA) is 119 Å². The molecule has 0 aliphatic rings. The van der Waals surface area contributed by atoms with Crippen molar-refractivity contribution in [2.75, 3.05) is 0 Å². The van der Waals surface area contributed by atoms with Gasteiger partial charge in [-0.1, -0.05) is 11.6 Å². The maximum atomic E-state index is 13.7. The van der Waals surface area contributed by atoms with Gasteiger partial charge in [0.15, 0.2) is 12.2 Å². The van der Waals surface area contributed by atoms with Gasteiger partial charge < -0.3 is 5.21 Å². The van der Waals surface area contributed by atoms with E-state index in [2.05, 4.69) is 30.7 Å². The average Bonchev–Trinajstić information content (AvgIpc) is 3.74. The van der Waals surface area contributed by atoms with Crippen LogP contribution in [0.2, 0.25) is 5.02 Å². The van der Waals surface area contributed by atoms with Gasteiger partial charge in [-0.2, -0.15) is 37.2 Å². The normalized spacial score (nSPS) is 12.5. The van der Waals surface area contributed by atoms with Crippen molar-refractivity contribution in [3.05, 3.63) is 113 Å². The van der Waals surface area contributed by atoms with E-state index >= 15 is 0 Å². The summed E-state index contributed by atoms with van der Waals surface area (Å²) in [7, 11) is 0. The summed E-state index contributed by atoms with van der Waals surface area (Å²) in [6, 6.07) is 10.1. The van der Waals surface area contributed by atoms with Crippen LogP contribution in [0.5, 0.6) is 0 Å². The van der Waals surface area contributed by atoms with E-state index in [1.165, 1.54) is 40.3 Å². The highest BCUT2D eigenvalue weighted by molar-refractivity contribution is 6.31. The SMILES string of the molecule is [O-][n+]1cc(-c2cc(Cl)ccc2-n2cnnn2)ccc1C(Cn1cc(C(F)(F)F)cn1)n1cc(-c2ccnc(F)c2)cn1. The third-order valence-corrected chi connectivity index (χ3v) is 6.69. The fraction of sp³-hybridized carbons (Fsp3) is 0.115. The minimum Gasteiger partial charge on any atom is -0.618 e. The van der Waals surface area contributed by atoms with E-state index in [9.17, 15) is 22.8 Å². The van der Waals surface area contributed by atoms with Gasteiger partial charge in [-0.15, -0.1) is 5.10 Å². The average molecular weight is 597 g/mol. The Morgan fingerprint density at radius 3 is 2.55 bits per heavy atom. The number of hydrogen-bond donors (Lipinski definition) is 0. The monoisotopic (exact) mass is 596 g/mol. The van der Waals surface area contributed by atoms with Gasteiger partial charge in [0.2, 0.25) is 11.6 Å². The lowest BCUT2D eigenvalue weighted by Gasteiger charge is -2.18. The van der Waals surface area contributed by atoms with E-state index in [0.29, 0.717) is 43.9 Å². The molecule has 0 spiro atoms. The molecule has 212 valence electrons. The Morgan fingerprint density at radius 1 is 0.976 bits per heavy atom. The Bertz CT molecular complexity index is 1870. The van der Waals surface area contributed by atoms with E-state index < -0.39 is 23.7 Å². The number of tetrazole rings is 1. The summed E-state index contributed by atoms with van der Waals surface area (Å²) in [5.74, 6) is -0.692. The molecule has 0 N–H and O–H groups in total. The molecule has 0 saturated carbocycles. The van der Waals surface area contributed by atoms with Gasteiger partial charge in [0.05, 0.1) is 30.2 Å². The molecular formula is C26H17ClF4N10O. The van der Waals surface area contributed by atoms with Crippen LogP contribution in [0.4, 0.5) is 17.6 Å². The largest absolute Gasteiger partial charge is 0.618 e. The molecule has 42 heavy (non-hydrogen) atoms. The molecule has 0 saturated heterocycles. The molecule has 16 heteroatoms. The fourth-order valence-corrected chi connectivity index (χ4v) is 4.63. The van der Waals surface area contributed by atoms with Crippen molar-refractivity contribution in [3.8, 4) is 27.9 Å². The number of pyridine rings is 2. The summed E-state index contributed by atoms with van der Waals surface area (Å²) in [6.45, 7) is -0.170. The summed E-state index contributed by atoms with van der Waals surface area (Å²) >= 11 is 6.24. The van der Waals surface area contributed by atoms with E-state index in [-0.39, 0.29) is 12.2 Å². The Labute approximate surface area is 238 Å². The molecule has 0 radical (unpaired) electrons. The molecule has 1 unspecified atom stereocenters. The van der Waals surface area contributed by atoms with E-state index in [1.807, 2.05) is 0 Å². The second kappa shape index (κ2) is 10.7. The quantitative estimate of drug-likeness (QED) is 0.115. The minimum absolute atomic E-state index is 0.157. The first-order chi connectivity index (χ1) is 20.2. The lowest BCUT2D eigenvalue weighted by Crippen LogP contribution is -2.37. The first-order valence-electron chi connectivity index (χ1n) is 12.2. The number of benzene rings is 1. The highest BCUT2D eigenvalue weighted by Crippen LogP contribution is 2.31. The second-order valence-electron chi connectivity index (χ2n) is 9.13. The van der Waals surface area contributed by atoms with E-state index in [1.54, 1.807) is 42.6 Å². The van der Waals surface area contributed by atoms with Gasteiger partial charge in [0.1, 0.15) is 6.33 Å². The van der Waals surface area contributed by atoms with Gasteiger partial charge in [0.25, 0.3) is 0 Å². The smallest absolute Gasteiger partial charge is 0.419 e. The molecule has 6 aromatic rings. The van der Waals surface area contributed by atoms with Crippen LogP contribution in [-0.2, 0) is 12.7 Å². The van der Waals surface area contributed by atoms with Crippen LogP contribution in [0, 0.1) is 11.2 Å². The van der Waals surface area contributed by atoms with Crippen LogP contribution >= 0.6 is 11.6 Å². The molecule has 0 bridgehead atoms. The Morgan fingerprint density at radius 2 is 1.83 bits per heavy atom. The number of rotatable bonds is 7. The first-order valence-corrected chi connectivity index (χ1v) is 12.6. The van der Waals surface area contributed by atoms with Crippen LogP contribution in [0.25, 0.3) is 27.9 Å². The van der Waals surface area contributed by atoms with Crippen molar-refractivity contribution in [1.29, 1.82) is 0 Å². The number of nitrogens with zero attached hydrogens (tertiary/aromatic N) is 10. The van der Waals surface area contributed by atoms with Gasteiger partial charge in [-0.05, 0) is 46.3 Å². The number of hydrogen-bond acceptors (Lipinski definition) is 7. The summed E-state index contributed by atoms with van der Waals surface area (Å²) in [4.78, 5) is 3.54. The Hall–Kier alpha value is -5.18. The predicted molar refractivity (Wildman–Crippen MR) is 139 cm³/mol. The van der Waals surface area contributed by atoms with Gasteiger partial charge in [0, 0.05) is 52.4 Å². The third-order valence-electron chi connectivity index (χ3n) is 6.45. The third kappa shape index (κ3) is 5.41. The fourth-order valence-electron chi connectivity index (χ4n) is 4.46. The Kier molecular flexibility index (Phi) is 6.86. The zero-order valence-electron chi connectivity index (χ0n) is 21.1. The van der Waals surface area contributed by atoms with Crippen molar-refractivity contribution in [2.24, 2.45) is 0 Å². The molecule has 0 aliphatic carbocycles. The maximum absolute atomic E-state index is 13.7. The molecule has 0 aliphatic heterocycles. The summed E-state index contributed by atoms with van der Waals surface area (Å²) in [5.41, 5.74) is 1.81. The molecule has 5 aromatic heterocycles. The minimum atomic E-state index is -4.59. The Balaban J connectivity index is 1.41. The van der Waals surface area contributed by atoms with Gasteiger partial charge in [-0.3, -0.25) is 9.36 Å². The molecule has 0 amide bonds. The van der Waals surface area contributed by atoms with Crippen LogP contribution < -0.4 is 4.73 Å². The summed E-state index contributed by atoms with van der Waals surface area (Å²) < 4.78 is 58.0. The van der Waals surface area contributed by atoms with Crippen molar-refractivity contribution in [3.63, 3.8) is 0 Å². The van der Waals surface area contributed by atoms with Crippen molar-refractivity contribution in [2.45, 2.75) is 18.8 Å². The van der Waals surface area contributed by atoms with Crippen LogP contribution in [-0.4, -0.2) is 44.8 Å². The van der Waals surface area contributed by atoms with Crippen LogP contribution in [0.15, 0.2) is 86.0 Å². The van der Waals surface area contributed by atoms with Crippen LogP contribution in [0.3, 0.4) is 0 Å². The first kappa shape index (κ1) is 27.0. The van der Waals surface area contributed by atoms with Gasteiger partial charge in [-0.25, -0.2) is 4.98 Å². The van der Waals surface area contributed by atoms with Crippen LogP contribution in [0.1, 0.15) is 17.3 Å². The standard InChI is InChI=1S/C26H17ClF4N10O/c27-20-2-4-22(40-15-33-36-37-40)21(8-20)17-1-3-23(41(42)12-17)24(14-38-13-19(10-34-38)26(29,30)31)39-11-18(9-35-39)16-5-6-32-25(28)7-16/h1-13,15,24H,14H2. The molecule has 11 nitrogen and oxygen atoms in total. The number of alkyl halides is 3. The maximum Gasteiger partial charge on any atom is 0.419 e. The zero-order chi connectivity index (χ0) is 29.4. The lowest BCUT2D eigenvalue weighted by molar-refractivity contribution is -0.615. The molecule has 0 fully saturated rings. The van der Waals surface area contributed by atoms with Gasteiger partial charge >= 0.3 is 6.18 Å². The van der Waals surface area contributed by atoms with E-state index in [0.717, 1.165) is 10.9 Å². The molecular weight excluding hydrogens is 580 g/mol. The van der Waals surface area contributed by atoms with E-state index in [4.69, 9.17) is 11.6 Å². The highest BCUT2D eigenvalue weighted by Gasteiger charge is 2.33. The number of halogens is 5. The zero-order valence-corrected chi connectivity index (χ0v) is 21.9. The highest BCUT2D eigenvalue weighted by atomic mass is 35.5. The summed E-state index contributed by atoms with van der Waals surface area (Å²) in [6.07, 6.45) is 4.00. The molecule has 6 rings (SSSR count). The van der Waals surface area contributed by atoms with Crippen molar-refractivity contribution < 1.29 is 22.3 Å².